The lowest BCUT2D eigenvalue weighted by Crippen LogP contribution is -2.60. The lowest BCUT2D eigenvalue weighted by molar-refractivity contribution is -0.163. The smallest absolute Gasteiger partial charge is 0.189 e. The zero-order valence-electron chi connectivity index (χ0n) is 13.6. The van der Waals surface area contributed by atoms with Gasteiger partial charge in [0.25, 0.3) is 0 Å². The van der Waals surface area contributed by atoms with Gasteiger partial charge in [-0.3, -0.25) is 0 Å². The Hall–Kier alpha value is -0.0800. The van der Waals surface area contributed by atoms with Crippen molar-refractivity contribution < 1.29 is 9.47 Å². The van der Waals surface area contributed by atoms with Crippen LogP contribution in [-0.4, -0.2) is 43.5 Å². The number of hydrogen-bond acceptors (Lipinski definition) is 3. The van der Waals surface area contributed by atoms with E-state index in [9.17, 15) is 0 Å². The molecule has 0 amide bonds. The molecule has 124 valence electrons. The SMILES string of the molecule is CCOC1CC(N=C(N)NC(C)(C)C)C12CCOCC2.I. The third kappa shape index (κ3) is 4.45. The summed E-state index contributed by atoms with van der Waals surface area (Å²) in [4.78, 5) is 4.72. The average molecular weight is 411 g/mol. The molecule has 2 rings (SSSR count). The maximum absolute atomic E-state index is 6.05. The highest BCUT2D eigenvalue weighted by molar-refractivity contribution is 14.0. The summed E-state index contributed by atoms with van der Waals surface area (Å²) in [5, 5.41) is 3.24. The van der Waals surface area contributed by atoms with Crippen LogP contribution in [0.3, 0.4) is 0 Å². The van der Waals surface area contributed by atoms with Gasteiger partial charge in [0.1, 0.15) is 0 Å². The largest absolute Gasteiger partial charge is 0.381 e. The molecule has 0 bridgehead atoms. The summed E-state index contributed by atoms with van der Waals surface area (Å²) in [6.07, 6.45) is 3.33. The summed E-state index contributed by atoms with van der Waals surface area (Å²) in [5.74, 6) is 0.545. The third-order valence-electron chi connectivity index (χ3n) is 4.33. The predicted octanol–water partition coefficient (Wildman–Crippen LogP) is 2.28. The van der Waals surface area contributed by atoms with E-state index < -0.39 is 0 Å². The molecule has 1 aliphatic heterocycles. The number of hydrogen-bond donors (Lipinski definition) is 2. The first-order valence-electron chi connectivity index (χ1n) is 7.68. The van der Waals surface area contributed by atoms with E-state index in [1.807, 2.05) is 0 Å². The molecule has 6 heteroatoms. The van der Waals surface area contributed by atoms with Gasteiger partial charge in [0.2, 0.25) is 0 Å². The molecule has 0 radical (unpaired) electrons. The van der Waals surface area contributed by atoms with Crippen molar-refractivity contribution >= 4 is 29.9 Å². The van der Waals surface area contributed by atoms with Crippen LogP contribution in [0.25, 0.3) is 0 Å². The first kappa shape index (κ1) is 19.0. The van der Waals surface area contributed by atoms with Crippen LogP contribution in [0, 0.1) is 5.41 Å². The van der Waals surface area contributed by atoms with Crippen molar-refractivity contribution in [3.8, 4) is 0 Å². The second-order valence-corrected chi connectivity index (χ2v) is 6.93. The Labute approximate surface area is 145 Å². The van der Waals surface area contributed by atoms with E-state index in [-0.39, 0.29) is 41.0 Å². The van der Waals surface area contributed by atoms with Crippen LogP contribution >= 0.6 is 24.0 Å². The van der Waals surface area contributed by atoms with Crippen molar-refractivity contribution in [1.29, 1.82) is 0 Å². The summed E-state index contributed by atoms with van der Waals surface area (Å²) in [6.45, 7) is 10.7. The molecular weight excluding hydrogens is 381 g/mol. The summed E-state index contributed by atoms with van der Waals surface area (Å²) in [7, 11) is 0. The van der Waals surface area contributed by atoms with Gasteiger partial charge >= 0.3 is 0 Å². The van der Waals surface area contributed by atoms with Gasteiger partial charge in [-0.05, 0) is 47.0 Å². The fourth-order valence-electron chi connectivity index (χ4n) is 3.33. The highest BCUT2D eigenvalue weighted by atomic mass is 127. The van der Waals surface area contributed by atoms with Gasteiger partial charge in [-0.15, -0.1) is 24.0 Å². The van der Waals surface area contributed by atoms with Crippen molar-refractivity contribution in [2.45, 2.75) is 64.6 Å². The van der Waals surface area contributed by atoms with Crippen LogP contribution in [-0.2, 0) is 9.47 Å². The Kier molecular flexibility index (Phi) is 6.74. The van der Waals surface area contributed by atoms with Crippen molar-refractivity contribution in [3.05, 3.63) is 0 Å². The topological polar surface area (TPSA) is 68.9 Å². The van der Waals surface area contributed by atoms with Gasteiger partial charge < -0.3 is 20.5 Å². The number of guanidine groups is 1. The Morgan fingerprint density at radius 1 is 1.38 bits per heavy atom. The molecule has 2 atom stereocenters. The molecule has 0 aromatic heterocycles. The second kappa shape index (κ2) is 7.46. The van der Waals surface area contributed by atoms with Crippen LogP contribution in [0.5, 0.6) is 0 Å². The molecule has 1 heterocycles. The lowest BCUT2D eigenvalue weighted by atomic mass is 9.58. The molecule has 3 N–H and O–H groups in total. The highest BCUT2D eigenvalue weighted by Crippen LogP contribution is 2.52. The Bertz CT molecular complexity index is 362. The number of ether oxygens (including phenoxy) is 2. The van der Waals surface area contributed by atoms with Crippen molar-refractivity contribution in [1.82, 2.24) is 5.32 Å². The van der Waals surface area contributed by atoms with E-state index in [4.69, 9.17) is 20.2 Å². The second-order valence-electron chi connectivity index (χ2n) is 6.93. The lowest BCUT2D eigenvalue weighted by Gasteiger charge is -2.55. The standard InChI is InChI=1S/C15H29N3O2.HI/c1-5-20-12-10-11(15(12)6-8-19-9-7-15)17-13(16)18-14(2,3)4;/h11-12H,5-10H2,1-4H3,(H3,16,17,18);1H. The monoisotopic (exact) mass is 411 g/mol. The minimum Gasteiger partial charge on any atom is -0.381 e. The Morgan fingerprint density at radius 3 is 2.52 bits per heavy atom. The minimum absolute atomic E-state index is 0. The molecular formula is C15H30IN3O2. The Morgan fingerprint density at radius 2 is 2.00 bits per heavy atom. The number of halogens is 1. The molecule has 0 aromatic carbocycles. The van der Waals surface area contributed by atoms with Gasteiger partial charge in [-0.1, -0.05) is 0 Å². The fourth-order valence-corrected chi connectivity index (χ4v) is 3.33. The first-order chi connectivity index (χ1) is 9.37. The Balaban J connectivity index is 0.00000220. The third-order valence-corrected chi connectivity index (χ3v) is 4.33. The summed E-state index contributed by atoms with van der Waals surface area (Å²) >= 11 is 0. The first-order valence-corrected chi connectivity index (χ1v) is 7.68. The van der Waals surface area contributed by atoms with Crippen LogP contribution in [0.1, 0.15) is 47.0 Å². The van der Waals surface area contributed by atoms with Crippen LogP contribution < -0.4 is 11.1 Å². The van der Waals surface area contributed by atoms with Crippen molar-refractivity contribution in [3.63, 3.8) is 0 Å². The molecule has 5 nitrogen and oxygen atoms in total. The van der Waals surface area contributed by atoms with Gasteiger partial charge in [0.15, 0.2) is 5.96 Å². The maximum atomic E-state index is 6.05. The quantitative estimate of drug-likeness (QED) is 0.425. The minimum atomic E-state index is -0.0561. The molecule has 21 heavy (non-hydrogen) atoms. The molecule has 1 saturated heterocycles. The molecule has 1 aliphatic carbocycles. The van der Waals surface area contributed by atoms with Crippen LogP contribution in [0.15, 0.2) is 4.99 Å². The van der Waals surface area contributed by atoms with Crippen LogP contribution in [0.2, 0.25) is 0 Å². The van der Waals surface area contributed by atoms with Gasteiger partial charge in [-0.2, -0.15) is 0 Å². The van der Waals surface area contributed by atoms with Crippen molar-refractivity contribution in [2.75, 3.05) is 19.8 Å². The molecule has 2 fully saturated rings. The van der Waals surface area contributed by atoms with E-state index in [2.05, 4.69) is 33.0 Å². The van der Waals surface area contributed by atoms with Crippen molar-refractivity contribution in [2.24, 2.45) is 16.1 Å². The maximum Gasteiger partial charge on any atom is 0.189 e. The van der Waals surface area contributed by atoms with E-state index in [0.29, 0.717) is 12.1 Å². The average Bonchev–Trinajstić information content (AvgIpc) is 2.36. The molecule has 1 spiro atoms. The highest BCUT2D eigenvalue weighted by Gasteiger charge is 2.56. The number of nitrogens with zero attached hydrogens (tertiary/aromatic N) is 1. The van der Waals surface area contributed by atoms with E-state index >= 15 is 0 Å². The fraction of sp³-hybridized carbons (Fsp3) is 0.933. The van der Waals surface area contributed by atoms with Crippen LogP contribution in [0.4, 0.5) is 0 Å². The zero-order valence-corrected chi connectivity index (χ0v) is 16.0. The molecule has 2 unspecified atom stereocenters. The summed E-state index contributed by atoms with van der Waals surface area (Å²) in [6, 6.07) is 0.262. The number of aliphatic imine (C=N–C) groups is 1. The number of nitrogens with two attached hydrogens (primary N) is 1. The normalized spacial score (nSPS) is 28.7. The van der Waals surface area contributed by atoms with Gasteiger partial charge in [0.05, 0.1) is 12.1 Å². The van der Waals surface area contributed by atoms with E-state index in [1.165, 1.54) is 0 Å². The number of rotatable bonds is 3. The van der Waals surface area contributed by atoms with E-state index in [0.717, 1.165) is 39.1 Å². The predicted molar refractivity (Wildman–Crippen MR) is 96.2 cm³/mol. The molecule has 2 aliphatic rings. The number of nitrogens with one attached hydrogen (secondary N) is 1. The molecule has 0 aromatic rings. The summed E-state index contributed by atoms with van der Waals surface area (Å²) in [5.41, 5.74) is 6.13. The van der Waals surface area contributed by atoms with E-state index in [1.54, 1.807) is 0 Å². The zero-order chi connectivity index (χ0) is 14.8. The van der Waals surface area contributed by atoms with Gasteiger partial charge in [0, 0.05) is 30.8 Å². The van der Waals surface area contributed by atoms with Gasteiger partial charge in [-0.25, -0.2) is 4.99 Å². The summed E-state index contributed by atoms with van der Waals surface area (Å²) < 4.78 is 11.4. The molecule has 1 saturated carbocycles.